The Morgan fingerprint density at radius 1 is 1.30 bits per heavy atom. The molecule has 0 atom stereocenters. The van der Waals surface area contributed by atoms with E-state index in [1.807, 2.05) is 0 Å². The van der Waals surface area contributed by atoms with Gasteiger partial charge in [-0.15, -0.1) is 0 Å². The van der Waals surface area contributed by atoms with Crippen molar-refractivity contribution in [3.63, 3.8) is 0 Å². The van der Waals surface area contributed by atoms with Gasteiger partial charge in [0.1, 0.15) is 5.70 Å². The summed E-state index contributed by atoms with van der Waals surface area (Å²) in [6.07, 6.45) is 6.26. The number of rotatable bonds is 3. The first-order chi connectivity index (χ1) is 9.69. The van der Waals surface area contributed by atoms with E-state index in [1.54, 1.807) is 42.6 Å². The molecule has 20 heavy (non-hydrogen) atoms. The minimum atomic E-state index is -0.269. The molecule has 6 N–H and O–H groups in total. The molecule has 0 fully saturated rings. The molecule has 0 radical (unpaired) electrons. The van der Waals surface area contributed by atoms with Gasteiger partial charge in [-0.3, -0.25) is 16.2 Å². The number of allylic oxidation sites excluding steroid dienone is 2. The lowest BCUT2D eigenvalue weighted by atomic mass is 10.2. The van der Waals surface area contributed by atoms with Gasteiger partial charge in [0.2, 0.25) is 5.90 Å². The molecule has 0 aromatic heterocycles. The summed E-state index contributed by atoms with van der Waals surface area (Å²) in [7, 11) is 0. The van der Waals surface area contributed by atoms with Crippen LogP contribution in [0.3, 0.4) is 0 Å². The van der Waals surface area contributed by atoms with Crippen LogP contribution in [0.2, 0.25) is 0 Å². The molecule has 1 aliphatic rings. The number of amidine groups is 1. The maximum Gasteiger partial charge on any atom is 0.293 e. The zero-order valence-corrected chi connectivity index (χ0v) is 10.5. The van der Waals surface area contributed by atoms with E-state index in [-0.39, 0.29) is 11.9 Å². The lowest BCUT2D eigenvalue weighted by Crippen LogP contribution is -2.34. The van der Waals surface area contributed by atoms with Crippen molar-refractivity contribution in [1.29, 1.82) is 16.2 Å². The molecular formula is C13H14N6O. The minimum absolute atomic E-state index is 0.178. The van der Waals surface area contributed by atoms with Crippen molar-refractivity contribution < 1.29 is 4.74 Å². The fourth-order valence-electron chi connectivity index (χ4n) is 1.51. The monoisotopic (exact) mass is 270 g/mol. The second kappa shape index (κ2) is 6.19. The van der Waals surface area contributed by atoms with Crippen molar-refractivity contribution in [3.05, 3.63) is 53.9 Å². The molecule has 1 heterocycles. The maximum absolute atomic E-state index is 7.71. The third kappa shape index (κ3) is 3.45. The Morgan fingerprint density at radius 3 is 2.85 bits per heavy atom. The highest BCUT2D eigenvalue weighted by molar-refractivity contribution is 6.02. The van der Waals surface area contributed by atoms with Gasteiger partial charge in [-0.2, -0.15) is 0 Å². The molecule has 102 valence electrons. The first-order valence-electron chi connectivity index (χ1n) is 5.80. The summed E-state index contributed by atoms with van der Waals surface area (Å²) in [6, 6.07) is 6.73. The third-order valence-electron chi connectivity index (χ3n) is 2.41. The fourth-order valence-corrected chi connectivity index (χ4v) is 1.51. The minimum Gasteiger partial charge on any atom is -0.405 e. The number of hydrazine groups is 1. The van der Waals surface area contributed by atoms with Crippen molar-refractivity contribution >= 4 is 23.8 Å². The smallest absolute Gasteiger partial charge is 0.293 e. The van der Waals surface area contributed by atoms with Gasteiger partial charge in [0.05, 0.1) is 0 Å². The summed E-state index contributed by atoms with van der Waals surface area (Å²) in [4.78, 5) is 0. The maximum atomic E-state index is 7.71. The molecule has 0 saturated heterocycles. The van der Waals surface area contributed by atoms with Gasteiger partial charge in [0, 0.05) is 18.1 Å². The summed E-state index contributed by atoms with van der Waals surface area (Å²) in [6.45, 7) is 0. The molecule has 0 amide bonds. The molecule has 7 heteroatoms. The highest BCUT2D eigenvalue weighted by atomic mass is 16.5. The molecule has 0 bridgehead atoms. The summed E-state index contributed by atoms with van der Waals surface area (Å²) in [5.41, 5.74) is 7.20. The lowest BCUT2D eigenvalue weighted by molar-refractivity contribution is 0.521. The van der Waals surface area contributed by atoms with E-state index in [0.717, 1.165) is 0 Å². The molecule has 0 aliphatic carbocycles. The summed E-state index contributed by atoms with van der Waals surface area (Å²) in [5.74, 6) is -0.178. The first kappa shape index (κ1) is 13.3. The van der Waals surface area contributed by atoms with Crippen molar-refractivity contribution in [2.45, 2.75) is 0 Å². The van der Waals surface area contributed by atoms with Crippen LogP contribution in [0.25, 0.3) is 0 Å². The zero-order chi connectivity index (χ0) is 14.4. The number of benzene rings is 1. The van der Waals surface area contributed by atoms with E-state index in [1.165, 1.54) is 6.21 Å². The Balaban J connectivity index is 1.95. The third-order valence-corrected chi connectivity index (χ3v) is 2.41. The Kier molecular flexibility index (Phi) is 4.13. The van der Waals surface area contributed by atoms with Crippen molar-refractivity contribution in [2.24, 2.45) is 0 Å². The summed E-state index contributed by atoms with van der Waals surface area (Å²) >= 11 is 0. The van der Waals surface area contributed by atoms with Gasteiger partial charge in [-0.05, 0) is 29.8 Å². The Bertz CT molecular complexity index is 605. The second-order valence-corrected chi connectivity index (χ2v) is 3.86. The van der Waals surface area contributed by atoms with E-state index in [0.29, 0.717) is 16.9 Å². The van der Waals surface area contributed by atoms with E-state index >= 15 is 0 Å². The standard InChI is InChI=1S/C13H14N6O/c14-8-9-3-1-4-10(7-9)18-13(16)20-12(15)11-5-2-6-17-19-11/h1-8,14-15,17,19H,(H2,16,18). The highest BCUT2D eigenvalue weighted by Gasteiger charge is 2.10. The number of hydrogen-bond donors (Lipinski definition) is 6. The van der Waals surface area contributed by atoms with Crippen LogP contribution in [0.4, 0.5) is 5.69 Å². The van der Waals surface area contributed by atoms with Crippen LogP contribution in [0.15, 0.2) is 48.3 Å². The SMILES string of the molecule is N=Cc1cccc(NC(=N)OC(=N)C2=CC=CNN2)c1. The van der Waals surface area contributed by atoms with Gasteiger partial charge < -0.3 is 20.9 Å². The van der Waals surface area contributed by atoms with Crippen LogP contribution in [0.1, 0.15) is 5.56 Å². The quantitative estimate of drug-likeness (QED) is 0.369. The van der Waals surface area contributed by atoms with E-state index in [9.17, 15) is 0 Å². The van der Waals surface area contributed by atoms with Crippen molar-refractivity contribution in [3.8, 4) is 0 Å². The topological polar surface area (TPSA) is 117 Å². The Hall–Kier alpha value is -3.09. The van der Waals surface area contributed by atoms with Crippen molar-refractivity contribution in [2.75, 3.05) is 5.32 Å². The van der Waals surface area contributed by atoms with Crippen LogP contribution in [-0.4, -0.2) is 18.1 Å². The number of nitrogens with one attached hydrogen (secondary N) is 6. The summed E-state index contributed by atoms with van der Waals surface area (Å²) in [5, 5.41) is 25.3. The van der Waals surface area contributed by atoms with Crippen LogP contribution in [0, 0.1) is 16.2 Å². The largest absolute Gasteiger partial charge is 0.405 e. The molecule has 2 rings (SSSR count). The predicted octanol–water partition coefficient (Wildman–Crippen LogP) is 1.53. The van der Waals surface area contributed by atoms with Crippen LogP contribution >= 0.6 is 0 Å². The first-order valence-corrected chi connectivity index (χ1v) is 5.80. The lowest BCUT2D eigenvalue weighted by Gasteiger charge is -2.15. The Morgan fingerprint density at radius 2 is 2.15 bits per heavy atom. The highest BCUT2D eigenvalue weighted by Crippen LogP contribution is 2.09. The average Bonchev–Trinajstić information content (AvgIpc) is 2.48. The Labute approximate surface area is 115 Å². The second-order valence-electron chi connectivity index (χ2n) is 3.86. The van der Waals surface area contributed by atoms with Crippen LogP contribution < -0.4 is 16.2 Å². The zero-order valence-electron chi connectivity index (χ0n) is 10.5. The normalized spacial score (nSPS) is 12.5. The molecule has 0 spiro atoms. The van der Waals surface area contributed by atoms with Crippen LogP contribution in [0.5, 0.6) is 0 Å². The van der Waals surface area contributed by atoms with Gasteiger partial charge in [0.25, 0.3) is 6.02 Å². The molecule has 0 saturated carbocycles. The van der Waals surface area contributed by atoms with Crippen LogP contribution in [-0.2, 0) is 4.74 Å². The predicted molar refractivity (Wildman–Crippen MR) is 78.0 cm³/mol. The van der Waals surface area contributed by atoms with Crippen molar-refractivity contribution in [1.82, 2.24) is 10.9 Å². The molecule has 0 unspecified atom stereocenters. The summed E-state index contributed by atoms with van der Waals surface area (Å²) < 4.78 is 5.06. The van der Waals surface area contributed by atoms with Gasteiger partial charge in [-0.25, -0.2) is 0 Å². The molecular weight excluding hydrogens is 256 g/mol. The van der Waals surface area contributed by atoms with E-state index in [4.69, 9.17) is 21.0 Å². The number of anilines is 1. The number of hydrogen-bond acceptors (Lipinski definition) is 6. The van der Waals surface area contributed by atoms with Gasteiger partial charge in [-0.1, -0.05) is 12.1 Å². The molecule has 7 nitrogen and oxygen atoms in total. The molecule has 1 aliphatic heterocycles. The fraction of sp³-hybridized carbons (Fsp3) is 0. The van der Waals surface area contributed by atoms with Gasteiger partial charge in [0.15, 0.2) is 0 Å². The van der Waals surface area contributed by atoms with E-state index in [2.05, 4.69) is 16.2 Å². The molecule has 1 aromatic carbocycles. The number of ether oxygens (including phenoxy) is 1. The van der Waals surface area contributed by atoms with E-state index < -0.39 is 0 Å². The van der Waals surface area contributed by atoms with Gasteiger partial charge >= 0.3 is 0 Å². The molecule has 1 aromatic rings. The average molecular weight is 270 g/mol.